The van der Waals surface area contributed by atoms with Crippen molar-refractivity contribution < 1.29 is 42.4 Å². The van der Waals surface area contributed by atoms with Crippen molar-refractivity contribution in [1.29, 1.82) is 0 Å². The number of benzene rings is 1. The summed E-state index contributed by atoms with van der Waals surface area (Å²) in [6.07, 6.45) is 2.29. The van der Waals surface area contributed by atoms with E-state index in [1.54, 1.807) is 18.7 Å². The molecule has 4 atom stereocenters. The molecule has 11 heteroatoms. The first-order valence-corrected chi connectivity index (χ1v) is 13.5. The predicted octanol–water partition coefficient (Wildman–Crippen LogP) is 3.85. The Morgan fingerprint density at radius 2 is 1.64 bits per heavy atom. The van der Waals surface area contributed by atoms with E-state index in [2.05, 4.69) is 6.58 Å². The van der Waals surface area contributed by atoms with Crippen molar-refractivity contribution in [3.63, 3.8) is 0 Å². The number of phosphoric acid groups is 1. The molecular weight excluding hydrogens is 489 g/mol. The number of carboxylic acid groups (broad SMARTS) is 1. The minimum Gasteiger partial charge on any atom is -0.481 e. The van der Waals surface area contributed by atoms with Crippen LogP contribution in [0.5, 0.6) is 0 Å². The lowest BCUT2D eigenvalue weighted by Gasteiger charge is -2.28. The van der Waals surface area contributed by atoms with Crippen molar-refractivity contribution in [2.45, 2.75) is 52.2 Å². The number of carbonyl (C=O) groups is 3. The number of nitrogens with zero attached hydrogens (tertiary/aromatic N) is 1. The van der Waals surface area contributed by atoms with Crippen LogP contribution in [0.1, 0.15) is 39.2 Å². The molecule has 1 aromatic rings. The molecule has 0 aromatic heterocycles. The van der Waals surface area contributed by atoms with Gasteiger partial charge in [0, 0.05) is 12.6 Å². The number of likely N-dealkylation sites (tertiary alicyclic amines) is 1. The Morgan fingerprint density at radius 1 is 1.03 bits per heavy atom. The van der Waals surface area contributed by atoms with E-state index in [-0.39, 0.29) is 38.8 Å². The van der Waals surface area contributed by atoms with Gasteiger partial charge in [-0.1, -0.05) is 36.4 Å². The van der Waals surface area contributed by atoms with Gasteiger partial charge in [0.15, 0.2) is 0 Å². The van der Waals surface area contributed by atoms with E-state index in [1.165, 1.54) is 13.0 Å². The summed E-state index contributed by atoms with van der Waals surface area (Å²) in [5.74, 6) is -4.65. The number of carbonyl (C=O) groups excluding carboxylic acids is 2. The lowest BCUT2D eigenvalue weighted by Crippen LogP contribution is -2.42. The minimum absolute atomic E-state index is 0.00584. The van der Waals surface area contributed by atoms with Crippen molar-refractivity contribution in [2.24, 2.45) is 11.8 Å². The molecule has 0 spiro atoms. The van der Waals surface area contributed by atoms with Crippen molar-refractivity contribution in [1.82, 2.24) is 4.90 Å². The summed E-state index contributed by atoms with van der Waals surface area (Å²) in [4.78, 5) is 39.5. The first kappa shape index (κ1) is 29.9. The van der Waals surface area contributed by atoms with Crippen LogP contribution in [0.4, 0.5) is 0 Å². The largest absolute Gasteiger partial charge is 0.481 e. The molecule has 1 saturated heterocycles. The summed E-state index contributed by atoms with van der Waals surface area (Å²) in [6, 6.07) is 7.61. The van der Waals surface area contributed by atoms with E-state index in [9.17, 15) is 24.1 Å². The van der Waals surface area contributed by atoms with Gasteiger partial charge >= 0.3 is 19.8 Å². The zero-order chi connectivity index (χ0) is 26.7. The van der Waals surface area contributed by atoms with E-state index < -0.39 is 43.7 Å². The quantitative estimate of drug-likeness (QED) is 0.147. The van der Waals surface area contributed by atoms with E-state index in [4.69, 9.17) is 18.3 Å². The molecule has 1 N–H and O–H groups in total. The van der Waals surface area contributed by atoms with Gasteiger partial charge in [0.1, 0.15) is 5.78 Å². The normalized spacial score (nSPS) is 22.3. The van der Waals surface area contributed by atoms with Crippen molar-refractivity contribution in [2.75, 3.05) is 26.4 Å². The third-order valence-electron chi connectivity index (χ3n) is 5.87. The topological polar surface area (TPSA) is 129 Å². The Morgan fingerprint density at radius 3 is 2.17 bits per heavy atom. The molecule has 200 valence electrons. The third-order valence-corrected chi connectivity index (χ3v) is 7.51. The van der Waals surface area contributed by atoms with E-state index in [0.29, 0.717) is 12.8 Å². The number of esters is 1. The van der Waals surface area contributed by atoms with Crippen LogP contribution in [0.3, 0.4) is 0 Å². The lowest BCUT2D eigenvalue weighted by atomic mass is 9.86. The van der Waals surface area contributed by atoms with E-state index in [1.807, 2.05) is 30.3 Å². The first-order valence-electron chi connectivity index (χ1n) is 12.0. The molecule has 1 fully saturated rings. The van der Waals surface area contributed by atoms with Crippen molar-refractivity contribution in [3.8, 4) is 0 Å². The van der Waals surface area contributed by atoms with Crippen LogP contribution >= 0.6 is 7.82 Å². The van der Waals surface area contributed by atoms with Crippen molar-refractivity contribution >= 4 is 25.5 Å². The molecule has 0 amide bonds. The van der Waals surface area contributed by atoms with E-state index in [0.717, 1.165) is 5.56 Å². The van der Waals surface area contributed by atoms with E-state index >= 15 is 0 Å². The van der Waals surface area contributed by atoms with Gasteiger partial charge < -0.3 is 9.84 Å². The molecule has 2 rings (SSSR count). The van der Waals surface area contributed by atoms with Gasteiger partial charge in [-0.25, -0.2) is 4.57 Å². The number of ketones is 1. The fourth-order valence-electron chi connectivity index (χ4n) is 4.43. The molecule has 1 aromatic carbocycles. The number of rotatable bonds is 16. The highest BCUT2D eigenvalue weighted by atomic mass is 31.2. The Labute approximate surface area is 212 Å². The molecule has 0 aliphatic carbocycles. The molecule has 1 aliphatic rings. The monoisotopic (exact) mass is 525 g/mol. The van der Waals surface area contributed by atoms with Gasteiger partial charge in [-0.15, -0.1) is 6.58 Å². The third kappa shape index (κ3) is 7.82. The molecule has 36 heavy (non-hydrogen) atoms. The molecule has 1 heterocycles. The number of unbranched alkanes of at least 4 members (excludes halogenated alkanes) is 1. The second-order valence-corrected chi connectivity index (χ2v) is 9.99. The fraction of sp³-hybridized carbons (Fsp3) is 0.560. The van der Waals surface area contributed by atoms with Crippen LogP contribution in [0, 0.1) is 11.8 Å². The summed E-state index contributed by atoms with van der Waals surface area (Å²) >= 11 is 0. The molecule has 0 saturated carbocycles. The summed E-state index contributed by atoms with van der Waals surface area (Å²) in [5.41, 5.74) is 0.880. The number of phosphoric ester groups is 1. The number of hydrogen-bond donors (Lipinski definition) is 1. The maximum Gasteiger partial charge on any atom is 0.474 e. The molecule has 0 radical (unpaired) electrons. The van der Waals surface area contributed by atoms with Crippen LogP contribution in [0.2, 0.25) is 0 Å². The SMILES string of the molecule is C=C[C@@H]1C(C(=O)OCCCCOP(=O)(OCC)OCC)C(C(=O)O)[C@H](C(C)=O)N1Cc1ccccc1. The second-order valence-electron chi connectivity index (χ2n) is 8.32. The van der Waals surface area contributed by atoms with Gasteiger partial charge in [-0.05, 0) is 39.2 Å². The number of carboxylic acids is 1. The van der Waals surface area contributed by atoms with Gasteiger partial charge in [0.2, 0.25) is 0 Å². The number of aliphatic carboxylic acids is 1. The summed E-state index contributed by atoms with van der Waals surface area (Å²) in [7, 11) is -3.61. The standard InChI is InChI=1S/C25H36NO9P/c1-5-20-21(25(30)32-15-11-12-16-35-36(31,33-6-2)34-7-3)22(24(28)29)23(18(4)27)26(20)17-19-13-9-8-10-14-19/h5,8-10,13-14,20-23H,1,6-7,11-12,15-17H2,2-4H3,(H,28,29)/t20-,21?,22?,23+/m1/s1. The maximum atomic E-state index is 13.1. The second kappa shape index (κ2) is 14.4. The van der Waals surface area contributed by atoms with Gasteiger partial charge in [-0.2, -0.15) is 0 Å². The molecule has 1 aliphatic heterocycles. The Hall–Kier alpha value is -2.36. The predicted molar refractivity (Wildman–Crippen MR) is 132 cm³/mol. The van der Waals surface area contributed by atoms with Crippen LogP contribution in [0.25, 0.3) is 0 Å². The average Bonchev–Trinajstić information content (AvgIpc) is 3.16. The maximum absolute atomic E-state index is 13.1. The minimum atomic E-state index is -3.61. The lowest BCUT2D eigenvalue weighted by molar-refractivity contribution is -0.157. The van der Waals surface area contributed by atoms with Crippen LogP contribution in [-0.4, -0.2) is 66.2 Å². The Balaban J connectivity index is 2.05. The van der Waals surface area contributed by atoms with Gasteiger partial charge in [0.25, 0.3) is 0 Å². The average molecular weight is 526 g/mol. The molecule has 10 nitrogen and oxygen atoms in total. The Bertz CT molecular complexity index is 929. The number of Topliss-reactive ketones (excluding diaryl/α,β-unsaturated/α-hetero) is 1. The highest BCUT2D eigenvalue weighted by Crippen LogP contribution is 2.49. The van der Waals surface area contributed by atoms with Crippen LogP contribution in [0.15, 0.2) is 43.0 Å². The van der Waals surface area contributed by atoms with Crippen LogP contribution < -0.4 is 0 Å². The van der Waals surface area contributed by atoms with Gasteiger partial charge in [-0.3, -0.25) is 32.9 Å². The zero-order valence-corrected chi connectivity index (χ0v) is 21.9. The highest BCUT2D eigenvalue weighted by molar-refractivity contribution is 7.48. The van der Waals surface area contributed by atoms with Gasteiger partial charge in [0.05, 0.1) is 44.3 Å². The number of hydrogen-bond acceptors (Lipinski definition) is 9. The van der Waals surface area contributed by atoms with Crippen molar-refractivity contribution in [3.05, 3.63) is 48.6 Å². The van der Waals surface area contributed by atoms with Crippen LogP contribution in [-0.2, 0) is 43.8 Å². The highest BCUT2D eigenvalue weighted by Gasteiger charge is 2.56. The molecular formula is C25H36NO9P. The smallest absolute Gasteiger partial charge is 0.474 e. The fourth-order valence-corrected chi connectivity index (χ4v) is 5.63. The summed E-state index contributed by atoms with van der Waals surface area (Å²) in [5, 5.41) is 9.97. The Kier molecular flexibility index (Phi) is 11.9. The zero-order valence-electron chi connectivity index (χ0n) is 21.0. The molecule has 2 unspecified atom stereocenters. The molecule has 0 bridgehead atoms. The number of ether oxygens (including phenoxy) is 1. The summed E-state index contributed by atoms with van der Waals surface area (Å²) in [6.45, 7) is 9.20. The first-order chi connectivity index (χ1) is 17.2. The summed E-state index contributed by atoms with van der Waals surface area (Å²) < 4.78 is 33.1.